The second-order valence-corrected chi connectivity index (χ2v) is 5.50. The molecule has 2 unspecified atom stereocenters. The summed E-state index contributed by atoms with van der Waals surface area (Å²) in [4.78, 5) is 7.97. The summed E-state index contributed by atoms with van der Waals surface area (Å²) < 4.78 is 23.1. The highest BCUT2D eigenvalue weighted by Crippen LogP contribution is 2.59. The molecule has 0 bridgehead atoms. The molecule has 96 valence electrons. The third-order valence-corrected chi connectivity index (χ3v) is 4.15. The quantitative estimate of drug-likeness (QED) is 0.846. The van der Waals surface area contributed by atoms with E-state index in [4.69, 9.17) is 4.11 Å². The van der Waals surface area contributed by atoms with Crippen molar-refractivity contribution in [1.29, 1.82) is 0 Å². The first kappa shape index (κ1) is 8.35. The zero-order chi connectivity index (χ0) is 15.3. The van der Waals surface area contributed by atoms with Gasteiger partial charge in [-0.05, 0) is 55.5 Å². The van der Waals surface area contributed by atoms with E-state index in [0.717, 1.165) is 23.5 Å². The Bertz CT molecular complexity index is 698. The number of hydrogen-bond acceptors (Lipinski definition) is 4. The molecule has 2 fully saturated rings. The summed E-state index contributed by atoms with van der Waals surface area (Å²) in [6.45, 7) is -2.22. The first-order valence-electron chi connectivity index (χ1n) is 8.17. The lowest BCUT2D eigenvalue weighted by atomic mass is 10.0. The molecule has 0 saturated heterocycles. The Kier molecular flexibility index (Phi) is 1.80. The molecule has 2 atom stereocenters. The predicted molar refractivity (Wildman–Crippen MR) is 71.4 cm³/mol. The highest BCUT2D eigenvalue weighted by molar-refractivity contribution is 5.57. The number of nitrogens with zero attached hydrogens (tertiary/aromatic N) is 4. The van der Waals surface area contributed by atoms with Gasteiger partial charge in [0, 0.05) is 22.1 Å². The molecule has 2 aliphatic rings. The Hall–Kier alpha value is -1.84. The van der Waals surface area contributed by atoms with Gasteiger partial charge in [0.25, 0.3) is 0 Å². The van der Waals surface area contributed by atoms with Crippen LogP contribution in [0.3, 0.4) is 0 Å². The monoisotopic (exact) mass is 255 g/mol. The Balaban J connectivity index is 1.75. The Morgan fingerprint density at radius 3 is 2.79 bits per heavy atom. The van der Waals surface area contributed by atoms with Gasteiger partial charge in [-0.25, -0.2) is 9.97 Å². The molecule has 0 N–H and O–H groups in total. The van der Waals surface area contributed by atoms with Crippen molar-refractivity contribution in [2.75, 3.05) is 0 Å². The van der Waals surface area contributed by atoms with E-state index < -0.39 is 6.85 Å². The van der Waals surface area contributed by atoms with Gasteiger partial charge in [0.05, 0.1) is 11.4 Å². The maximum absolute atomic E-state index is 7.70. The van der Waals surface area contributed by atoms with Gasteiger partial charge in [-0.3, -0.25) is 0 Å². The van der Waals surface area contributed by atoms with Crippen molar-refractivity contribution in [3.63, 3.8) is 0 Å². The van der Waals surface area contributed by atoms with Crippen molar-refractivity contribution < 1.29 is 4.11 Å². The van der Waals surface area contributed by atoms with Gasteiger partial charge in [-0.1, -0.05) is 0 Å². The van der Waals surface area contributed by atoms with E-state index in [1.165, 1.54) is 19.2 Å². The molecule has 2 aromatic rings. The van der Waals surface area contributed by atoms with Crippen LogP contribution in [0.5, 0.6) is 0 Å². The third kappa shape index (κ3) is 2.01. The van der Waals surface area contributed by atoms with E-state index in [1.807, 2.05) is 6.07 Å². The molecule has 0 spiro atoms. The molecule has 0 aliphatic heterocycles. The Morgan fingerprint density at radius 2 is 2.05 bits per heavy atom. The molecular formula is C15H16N4. The summed E-state index contributed by atoms with van der Waals surface area (Å²) in [7, 11) is 0. The van der Waals surface area contributed by atoms with Crippen LogP contribution in [0.15, 0.2) is 24.8 Å². The summed E-state index contributed by atoms with van der Waals surface area (Å²) in [5.41, 5.74) is 2.40. The number of rotatable bonds is 3. The topological polar surface area (TPSA) is 51.6 Å². The van der Waals surface area contributed by atoms with Crippen molar-refractivity contribution in [3.05, 3.63) is 36.0 Å². The van der Waals surface area contributed by atoms with Crippen LogP contribution in [0, 0.1) is 18.7 Å². The van der Waals surface area contributed by atoms with Gasteiger partial charge < -0.3 is 0 Å². The molecular weight excluding hydrogens is 236 g/mol. The van der Waals surface area contributed by atoms with E-state index in [2.05, 4.69) is 20.2 Å². The minimum atomic E-state index is -2.22. The Morgan fingerprint density at radius 1 is 1.21 bits per heavy atom. The molecule has 0 radical (unpaired) electrons. The van der Waals surface area contributed by atoms with E-state index in [0.29, 0.717) is 17.5 Å². The lowest BCUT2D eigenvalue weighted by Gasteiger charge is -2.06. The molecule has 0 amide bonds. The minimum Gasteiger partial charge on any atom is -0.244 e. The summed E-state index contributed by atoms with van der Waals surface area (Å²) in [5, 5.41) is 8.12. The highest BCUT2D eigenvalue weighted by Gasteiger charge is 2.48. The van der Waals surface area contributed by atoms with Gasteiger partial charge in [0.1, 0.15) is 6.33 Å². The molecule has 4 nitrogen and oxygen atoms in total. The summed E-state index contributed by atoms with van der Waals surface area (Å²) in [5.74, 6) is 1.73. The van der Waals surface area contributed by atoms with Gasteiger partial charge in [-0.2, -0.15) is 10.2 Å². The summed E-state index contributed by atoms with van der Waals surface area (Å²) >= 11 is 0. The van der Waals surface area contributed by atoms with Crippen LogP contribution >= 0.6 is 0 Å². The molecule has 4 rings (SSSR count). The van der Waals surface area contributed by atoms with Gasteiger partial charge >= 0.3 is 0 Å². The second kappa shape index (κ2) is 4.08. The number of aromatic nitrogens is 4. The molecule has 2 aliphatic carbocycles. The predicted octanol–water partition coefficient (Wildman–Crippen LogP) is 2.76. The van der Waals surface area contributed by atoms with E-state index in [-0.39, 0.29) is 5.69 Å². The summed E-state index contributed by atoms with van der Waals surface area (Å²) in [6.07, 6.45) is 8.43. The molecule has 4 heteroatoms. The van der Waals surface area contributed by atoms with Crippen molar-refractivity contribution in [1.82, 2.24) is 20.2 Å². The number of aryl methyl sites for hydroxylation is 1. The fraction of sp³-hybridized carbons (Fsp3) is 0.467. The fourth-order valence-corrected chi connectivity index (χ4v) is 2.88. The lowest BCUT2D eigenvalue weighted by molar-refractivity contribution is 0.686. The molecule has 0 aromatic carbocycles. The molecule has 2 saturated carbocycles. The average molecular weight is 255 g/mol. The van der Waals surface area contributed by atoms with Gasteiger partial charge in [0.15, 0.2) is 0 Å². The van der Waals surface area contributed by atoms with Gasteiger partial charge in [-0.15, -0.1) is 0 Å². The highest BCUT2D eigenvalue weighted by atomic mass is 15.1. The normalized spacial score (nSPS) is 28.3. The molecule has 19 heavy (non-hydrogen) atoms. The van der Waals surface area contributed by atoms with Crippen LogP contribution in [-0.4, -0.2) is 20.2 Å². The van der Waals surface area contributed by atoms with Crippen LogP contribution in [0.2, 0.25) is 0 Å². The van der Waals surface area contributed by atoms with Crippen molar-refractivity contribution in [2.24, 2.45) is 11.8 Å². The standard InChI is InChI=1S/C15H16N4/c1-9-12(14-4-13(14)10-2-3-10)5-15(19-18-9)11-6-16-8-17-7-11/h5-8,10,13-14H,2-4H2,1H3/i1D3. The Labute approximate surface area is 116 Å². The third-order valence-electron chi connectivity index (χ3n) is 4.15. The van der Waals surface area contributed by atoms with E-state index in [1.54, 1.807) is 12.4 Å². The van der Waals surface area contributed by atoms with Crippen LogP contribution < -0.4 is 0 Å². The fourth-order valence-electron chi connectivity index (χ4n) is 2.88. The van der Waals surface area contributed by atoms with E-state index in [9.17, 15) is 0 Å². The number of hydrogen-bond donors (Lipinski definition) is 0. The largest absolute Gasteiger partial charge is 0.244 e. The maximum atomic E-state index is 7.70. The van der Waals surface area contributed by atoms with Crippen LogP contribution in [0.4, 0.5) is 0 Å². The van der Waals surface area contributed by atoms with Crippen LogP contribution in [-0.2, 0) is 0 Å². The van der Waals surface area contributed by atoms with Gasteiger partial charge in [0.2, 0.25) is 0 Å². The van der Waals surface area contributed by atoms with Crippen molar-refractivity contribution >= 4 is 0 Å². The molecule has 2 heterocycles. The first-order chi connectivity index (χ1) is 10.5. The average Bonchev–Trinajstić information content (AvgIpc) is 3.38. The molecule has 2 aromatic heterocycles. The first-order valence-corrected chi connectivity index (χ1v) is 6.67. The zero-order valence-corrected chi connectivity index (χ0v) is 10.5. The van der Waals surface area contributed by atoms with Crippen molar-refractivity contribution in [3.8, 4) is 11.3 Å². The zero-order valence-electron chi connectivity index (χ0n) is 13.5. The van der Waals surface area contributed by atoms with Crippen LogP contribution in [0.1, 0.15) is 40.6 Å². The maximum Gasteiger partial charge on any atom is 0.115 e. The second-order valence-electron chi connectivity index (χ2n) is 5.50. The smallest absolute Gasteiger partial charge is 0.115 e. The van der Waals surface area contributed by atoms with Crippen molar-refractivity contribution in [2.45, 2.75) is 32.0 Å². The minimum absolute atomic E-state index is 0.154. The SMILES string of the molecule is [2H]C([2H])([2H])c1nnc(-c2cncnc2)cc1C1CC1C1CC1. The van der Waals surface area contributed by atoms with Crippen LogP contribution in [0.25, 0.3) is 11.3 Å². The van der Waals surface area contributed by atoms with E-state index >= 15 is 0 Å². The lowest BCUT2D eigenvalue weighted by Crippen LogP contribution is -1.98. The summed E-state index contributed by atoms with van der Waals surface area (Å²) in [6, 6.07) is 1.88.